The summed E-state index contributed by atoms with van der Waals surface area (Å²) in [5.41, 5.74) is 0. The zero-order valence-corrected chi connectivity index (χ0v) is 12.6. The van der Waals surface area contributed by atoms with Gasteiger partial charge >= 0.3 is 6.03 Å². The molecule has 0 aromatic carbocycles. The largest absolute Gasteiger partial charge is 0.338 e. The van der Waals surface area contributed by atoms with E-state index >= 15 is 0 Å². The van der Waals surface area contributed by atoms with Gasteiger partial charge in [0, 0.05) is 38.8 Å². The third kappa shape index (κ3) is 3.31. The van der Waals surface area contributed by atoms with Crippen LogP contribution < -0.4 is 10.6 Å². The van der Waals surface area contributed by atoms with Crippen LogP contribution in [0.15, 0.2) is 0 Å². The summed E-state index contributed by atoms with van der Waals surface area (Å²) in [5, 5.41) is 6.37. The van der Waals surface area contributed by atoms with Crippen LogP contribution in [0.3, 0.4) is 0 Å². The number of likely N-dealkylation sites (tertiary alicyclic amines) is 1. The third-order valence-corrected chi connectivity index (χ3v) is 4.91. The van der Waals surface area contributed by atoms with Gasteiger partial charge in [0.2, 0.25) is 5.91 Å². The number of rotatable bonds is 2. The van der Waals surface area contributed by atoms with Crippen molar-refractivity contribution in [2.75, 3.05) is 32.7 Å². The molecule has 0 spiro atoms. The number of hydrogen-bond donors (Lipinski definition) is 2. The molecule has 3 aliphatic rings. The van der Waals surface area contributed by atoms with E-state index in [1.807, 2.05) is 4.90 Å². The Balaban J connectivity index is 1.58. The standard InChI is InChI=1S/C15H26N4O2/c20-14(18-10-7-16-8-11-18)13-6-3-9-19(13)15(21)17-12-4-1-2-5-12/h12-13,16H,1-11H2,(H,17,21). The van der Waals surface area contributed by atoms with Gasteiger partial charge in [0.05, 0.1) is 0 Å². The minimum Gasteiger partial charge on any atom is -0.338 e. The van der Waals surface area contributed by atoms with Gasteiger partial charge < -0.3 is 20.4 Å². The molecule has 0 bridgehead atoms. The van der Waals surface area contributed by atoms with Gasteiger partial charge in [-0.15, -0.1) is 0 Å². The van der Waals surface area contributed by atoms with E-state index in [1.165, 1.54) is 12.8 Å². The summed E-state index contributed by atoms with van der Waals surface area (Å²) in [6.07, 6.45) is 6.30. The number of nitrogens with one attached hydrogen (secondary N) is 2. The highest BCUT2D eigenvalue weighted by Crippen LogP contribution is 2.22. The molecule has 0 aromatic heterocycles. The topological polar surface area (TPSA) is 64.7 Å². The number of piperazine rings is 1. The molecular weight excluding hydrogens is 268 g/mol. The van der Waals surface area contributed by atoms with Crippen molar-refractivity contribution in [3.05, 3.63) is 0 Å². The quantitative estimate of drug-likeness (QED) is 0.781. The van der Waals surface area contributed by atoms with Crippen LogP contribution in [0.2, 0.25) is 0 Å². The smallest absolute Gasteiger partial charge is 0.318 e. The maximum absolute atomic E-state index is 12.6. The summed E-state index contributed by atoms with van der Waals surface area (Å²) >= 11 is 0. The average Bonchev–Trinajstić information content (AvgIpc) is 3.18. The number of amides is 3. The van der Waals surface area contributed by atoms with E-state index in [-0.39, 0.29) is 18.0 Å². The predicted molar refractivity (Wildman–Crippen MR) is 80.0 cm³/mol. The molecule has 1 unspecified atom stereocenters. The molecule has 3 fully saturated rings. The van der Waals surface area contributed by atoms with Crippen LogP contribution >= 0.6 is 0 Å². The normalized spacial score (nSPS) is 27.1. The van der Waals surface area contributed by atoms with E-state index in [9.17, 15) is 9.59 Å². The van der Waals surface area contributed by atoms with Crippen LogP contribution in [-0.4, -0.2) is 66.5 Å². The van der Waals surface area contributed by atoms with Crippen molar-refractivity contribution < 1.29 is 9.59 Å². The number of carbonyl (C=O) groups excluding carboxylic acids is 2. The lowest BCUT2D eigenvalue weighted by Crippen LogP contribution is -2.55. The van der Waals surface area contributed by atoms with Gasteiger partial charge in [0.15, 0.2) is 0 Å². The summed E-state index contributed by atoms with van der Waals surface area (Å²) in [6, 6.07) is 0.0328. The van der Waals surface area contributed by atoms with Crippen molar-refractivity contribution in [2.45, 2.75) is 50.6 Å². The maximum atomic E-state index is 12.6. The molecule has 0 radical (unpaired) electrons. The van der Waals surface area contributed by atoms with Gasteiger partial charge in [-0.2, -0.15) is 0 Å². The Bertz CT molecular complexity index is 389. The minimum absolute atomic E-state index is 0.0344. The van der Waals surface area contributed by atoms with Crippen molar-refractivity contribution in [2.24, 2.45) is 0 Å². The Labute approximate surface area is 126 Å². The summed E-state index contributed by atoms with van der Waals surface area (Å²) in [6.45, 7) is 3.93. The van der Waals surface area contributed by atoms with E-state index in [0.29, 0.717) is 12.6 Å². The fourth-order valence-electron chi connectivity index (χ4n) is 3.69. The molecule has 3 rings (SSSR count). The molecule has 6 heteroatoms. The predicted octanol–water partition coefficient (Wildman–Crippen LogP) is 0.535. The molecule has 6 nitrogen and oxygen atoms in total. The number of hydrogen-bond acceptors (Lipinski definition) is 3. The Hall–Kier alpha value is -1.30. The van der Waals surface area contributed by atoms with Crippen molar-refractivity contribution in [3.8, 4) is 0 Å². The van der Waals surface area contributed by atoms with Crippen molar-refractivity contribution in [1.82, 2.24) is 20.4 Å². The molecular formula is C15H26N4O2. The van der Waals surface area contributed by atoms with Gasteiger partial charge in [0.25, 0.3) is 0 Å². The summed E-state index contributed by atoms with van der Waals surface area (Å²) in [5.74, 6) is 0.135. The highest BCUT2D eigenvalue weighted by molar-refractivity contribution is 5.87. The Morgan fingerprint density at radius 1 is 0.952 bits per heavy atom. The molecule has 0 aromatic rings. The first-order valence-corrected chi connectivity index (χ1v) is 8.32. The van der Waals surface area contributed by atoms with Crippen LogP contribution in [-0.2, 0) is 4.79 Å². The fourth-order valence-corrected chi connectivity index (χ4v) is 3.69. The van der Waals surface area contributed by atoms with Crippen LogP contribution in [0.25, 0.3) is 0 Å². The van der Waals surface area contributed by atoms with Crippen LogP contribution in [0.4, 0.5) is 4.79 Å². The Morgan fingerprint density at radius 3 is 2.38 bits per heavy atom. The van der Waals surface area contributed by atoms with E-state index in [2.05, 4.69) is 10.6 Å². The van der Waals surface area contributed by atoms with Crippen LogP contribution in [0, 0.1) is 0 Å². The second-order valence-corrected chi connectivity index (χ2v) is 6.36. The third-order valence-electron chi connectivity index (χ3n) is 4.91. The SMILES string of the molecule is O=C(C1CCCN1C(=O)NC1CCCC1)N1CCNCC1. The van der Waals surface area contributed by atoms with E-state index < -0.39 is 0 Å². The number of nitrogens with zero attached hydrogens (tertiary/aromatic N) is 2. The van der Waals surface area contributed by atoms with Gasteiger partial charge in [-0.3, -0.25) is 4.79 Å². The molecule has 1 aliphatic carbocycles. The fraction of sp³-hybridized carbons (Fsp3) is 0.867. The molecule has 3 amide bonds. The van der Waals surface area contributed by atoms with E-state index in [4.69, 9.17) is 0 Å². The second-order valence-electron chi connectivity index (χ2n) is 6.36. The van der Waals surface area contributed by atoms with E-state index in [0.717, 1.165) is 51.9 Å². The second kappa shape index (κ2) is 6.64. The van der Waals surface area contributed by atoms with Gasteiger partial charge in [-0.1, -0.05) is 12.8 Å². The van der Waals surface area contributed by atoms with Gasteiger partial charge in [-0.05, 0) is 25.7 Å². The molecule has 1 saturated carbocycles. The minimum atomic E-state index is -0.246. The highest BCUT2D eigenvalue weighted by Gasteiger charge is 2.37. The van der Waals surface area contributed by atoms with Gasteiger partial charge in [0.1, 0.15) is 6.04 Å². The van der Waals surface area contributed by atoms with Crippen molar-refractivity contribution in [1.29, 1.82) is 0 Å². The van der Waals surface area contributed by atoms with Crippen molar-refractivity contribution in [3.63, 3.8) is 0 Å². The monoisotopic (exact) mass is 294 g/mol. The lowest BCUT2D eigenvalue weighted by molar-refractivity contribution is -0.135. The van der Waals surface area contributed by atoms with E-state index in [1.54, 1.807) is 4.90 Å². The molecule has 1 atom stereocenters. The van der Waals surface area contributed by atoms with Crippen LogP contribution in [0.5, 0.6) is 0 Å². The first kappa shape index (κ1) is 14.6. The number of carbonyl (C=O) groups is 2. The lowest BCUT2D eigenvalue weighted by atomic mass is 10.2. The molecule has 2 heterocycles. The average molecular weight is 294 g/mol. The summed E-state index contributed by atoms with van der Waals surface area (Å²) in [7, 11) is 0. The Kier molecular flexibility index (Phi) is 4.63. The van der Waals surface area contributed by atoms with Gasteiger partial charge in [-0.25, -0.2) is 4.79 Å². The molecule has 21 heavy (non-hydrogen) atoms. The zero-order valence-electron chi connectivity index (χ0n) is 12.6. The highest BCUT2D eigenvalue weighted by atomic mass is 16.2. The lowest BCUT2D eigenvalue weighted by Gasteiger charge is -2.33. The first-order valence-electron chi connectivity index (χ1n) is 8.32. The van der Waals surface area contributed by atoms with Crippen LogP contribution in [0.1, 0.15) is 38.5 Å². The molecule has 118 valence electrons. The summed E-state index contributed by atoms with van der Waals surface area (Å²) < 4.78 is 0. The first-order chi connectivity index (χ1) is 10.3. The molecule has 2 N–H and O–H groups in total. The molecule has 2 saturated heterocycles. The molecule has 2 aliphatic heterocycles. The Morgan fingerprint density at radius 2 is 1.67 bits per heavy atom. The van der Waals surface area contributed by atoms with Crippen molar-refractivity contribution >= 4 is 11.9 Å². The summed E-state index contributed by atoms with van der Waals surface area (Å²) in [4.78, 5) is 28.7. The maximum Gasteiger partial charge on any atom is 0.318 e. The number of urea groups is 1. The zero-order chi connectivity index (χ0) is 14.7.